The summed E-state index contributed by atoms with van der Waals surface area (Å²) in [4.78, 5) is 10.1. The molecule has 0 aromatic carbocycles. The van der Waals surface area contributed by atoms with Crippen LogP contribution in [0.3, 0.4) is 0 Å². The molecule has 124 valence electrons. The van der Waals surface area contributed by atoms with E-state index in [1.807, 2.05) is 6.92 Å². The molecule has 1 aromatic rings. The Kier molecular flexibility index (Phi) is 4.82. The molecule has 1 aliphatic rings. The predicted molar refractivity (Wildman–Crippen MR) is 92.5 cm³/mol. The maximum absolute atomic E-state index is 5.68. The monoisotopic (exact) mass is 324 g/mol. The van der Waals surface area contributed by atoms with Crippen molar-refractivity contribution in [1.29, 1.82) is 0 Å². The van der Waals surface area contributed by atoms with Gasteiger partial charge in [0.2, 0.25) is 0 Å². The number of aromatic nitrogens is 1. The second-order valence-corrected chi connectivity index (χ2v) is 8.01. The van der Waals surface area contributed by atoms with E-state index in [1.54, 1.807) is 25.5 Å². The van der Waals surface area contributed by atoms with E-state index in [-0.39, 0.29) is 11.0 Å². The van der Waals surface area contributed by atoms with E-state index in [0.717, 1.165) is 29.6 Å². The van der Waals surface area contributed by atoms with E-state index in [9.17, 15) is 0 Å². The van der Waals surface area contributed by atoms with Crippen LogP contribution in [0.2, 0.25) is 0 Å². The van der Waals surface area contributed by atoms with Crippen LogP contribution < -0.4 is 10.6 Å². The number of rotatable bonds is 4. The van der Waals surface area contributed by atoms with Crippen molar-refractivity contribution in [1.82, 2.24) is 15.6 Å². The Morgan fingerprint density at radius 2 is 2.09 bits per heavy atom. The predicted octanol–water partition coefficient (Wildman–Crippen LogP) is 2.63. The van der Waals surface area contributed by atoms with Crippen LogP contribution >= 0.6 is 11.3 Å². The van der Waals surface area contributed by atoms with E-state index in [4.69, 9.17) is 4.74 Å². The molecule has 0 bridgehead atoms. The average Bonchev–Trinajstić information content (AvgIpc) is 2.79. The van der Waals surface area contributed by atoms with Gasteiger partial charge < -0.3 is 15.4 Å². The van der Waals surface area contributed by atoms with E-state index >= 15 is 0 Å². The average molecular weight is 324 g/mol. The molecule has 22 heavy (non-hydrogen) atoms. The van der Waals surface area contributed by atoms with Crippen molar-refractivity contribution >= 4 is 17.3 Å². The van der Waals surface area contributed by atoms with Gasteiger partial charge in [0.15, 0.2) is 5.96 Å². The summed E-state index contributed by atoms with van der Waals surface area (Å²) in [5, 5.41) is 8.02. The third-order valence-corrected chi connectivity index (χ3v) is 6.30. The quantitative estimate of drug-likeness (QED) is 0.660. The van der Waals surface area contributed by atoms with Gasteiger partial charge >= 0.3 is 0 Å². The number of methoxy groups -OCH3 is 1. The van der Waals surface area contributed by atoms with Crippen molar-refractivity contribution in [2.24, 2.45) is 10.4 Å². The molecule has 1 fully saturated rings. The smallest absolute Gasteiger partial charge is 0.191 e. The number of aryl methyl sites for hydroxylation is 2. The summed E-state index contributed by atoms with van der Waals surface area (Å²) in [5.74, 6) is 0.835. The largest absolute Gasteiger partial charge is 0.378 e. The lowest BCUT2D eigenvalue weighted by Crippen LogP contribution is -2.69. The van der Waals surface area contributed by atoms with Crippen molar-refractivity contribution in [3.05, 3.63) is 15.6 Å². The highest BCUT2D eigenvalue weighted by Crippen LogP contribution is 2.51. The van der Waals surface area contributed by atoms with Gasteiger partial charge in [0.1, 0.15) is 0 Å². The van der Waals surface area contributed by atoms with E-state index in [0.29, 0.717) is 6.04 Å². The first-order valence-corrected chi connectivity index (χ1v) is 8.50. The van der Waals surface area contributed by atoms with Gasteiger partial charge in [-0.05, 0) is 27.2 Å². The number of thiazole rings is 1. The Bertz CT molecular complexity index is 566. The summed E-state index contributed by atoms with van der Waals surface area (Å²) in [6.45, 7) is 11.5. The van der Waals surface area contributed by atoms with Gasteiger partial charge in [-0.25, -0.2) is 4.98 Å². The van der Waals surface area contributed by atoms with E-state index < -0.39 is 0 Å². The molecule has 0 aliphatic heterocycles. The molecule has 1 saturated carbocycles. The molecule has 2 rings (SSSR count). The fourth-order valence-corrected chi connectivity index (χ4v) is 3.86. The Morgan fingerprint density at radius 1 is 1.41 bits per heavy atom. The molecule has 2 unspecified atom stereocenters. The molecule has 5 nitrogen and oxygen atoms in total. The Morgan fingerprint density at radius 3 is 2.55 bits per heavy atom. The third kappa shape index (κ3) is 2.99. The van der Waals surface area contributed by atoms with Gasteiger partial charge in [-0.1, -0.05) is 13.8 Å². The molecule has 0 saturated heterocycles. The lowest BCUT2D eigenvalue weighted by atomic mass is 9.56. The summed E-state index contributed by atoms with van der Waals surface area (Å²) in [7, 11) is 3.60. The third-order valence-electron chi connectivity index (χ3n) is 5.23. The molecular weight excluding hydrogens is 296 g/mol. The van der Waals surface area contributed by atoms with E-state index in [1.165, 1.54) is 4.88 Å². The second kappa shape index (κ2) is 6.16. The Labute approximate surface area is 137 Å². The summed E-state index contributed by atoms with van der Waals surface area (Å²) in [6.07, 6.45) is 0.982. The summed E-state index contributed by atoms with van der Waals surface area (Å²) in [6, 6.07) is 0.355. The zero-order valence-corrected chi connectivity index (χ0v) is 15.5. The minimum atomic E-state index is -0.0745. The zero-order valence-electron chi connectivity index (χ0n) is 14.7. The van der Waals surface area contributed by atoms with Gasteiger partial charge in [-0.15, -0.1) is 11.3 Å². The highest BCUT2D eigenvalue weighted by atomic mass is 32.1. The molecule has 0 radical (unpaired) electrons. The number of hydrogen-bond donors (Lipinski definition) is 2. The molecule has 1 aromatic heterocycles. The number of nitrogens with zero attached hydrogens (tertiary/aromatic N) is 2. The molecular formula is C16H28N4OS. The standard InChI is InChI=1S/C16H28N4OS/c1-10-12(22-11(2)19-10)9-18-14(17-6)20-13-8-16(5,21-7)15(13,3)4/h13H,8-9H2,1-7H3,(H2,17,18,20). The van der Waals surface area contributed by atoms with Crippen molar-refractivity contribution in [3.63, 3.8) is 0 Å². The first-order chi connectivity index (χ1) is 10.2. The number of nitrogens with one attached hydrogen (secondary N) is 2. The maximum Gasteiger partial charge on any atom is 0.191 e. The van der Waals surface area contributed by atoms with Gasteiger partial charge in [0, 0.05) is 30.5 Å². The number of aliphatic imine (C=N–C) groups is 1. The van der Waals surface area contributed by atoms with Gasteiger partial charge in [0.05, 0.1) is 22.8 Å². The fourth-order valence-electron chi connectivity index (χ4n) is 2.98. The van der Waals surface area contributed by atoms with Crippen molar-refractivity contribution in [2.45, 2.75) is 59.2 Å². The van der Waals surface area contributed by atoms with Crippen LogP contribution in [-0.4, -0.2) is 36.7 Å². The normalized spacial score (nSPS) is 27.4. The number of ether oxygens (including phenoxy) is 1. The van der Waals surface area contributed by atoms with Crippen LogP contribution in [0.25, 0.3) is 0 Å². The molecule has 1 heterocycles. The lowest BCUT2D eigenvalue weighted by molar-refractivity contribution is -0.176. The van der Waals surface area contributed by atoms with Crippen LogP contribution in [0.15, 0.2) is 4.99 Å². The van der Waals surface area contributed by atoms with Crippen molar-refractivity contribution < 1.29 is 4.74 Å². The molecule has 0 spiro atoms. The zero-order chi connectivity index (χ0) is 16.5. The highest BCUT2D eigenvalue weighted by molar-refractivity contribution is 7.11. The van der Waals surface area contributed by atoms with E-state index in [2.05, 4.69) is 48.3 Å². The van der Waals surface area contributed by atoms with Crippen LogP contribution in [0.4, 0.5) is 0 Å². The van der Waals surface area contributed by atoms with Crippen molar-refractivity contribution in [2.75, 3.05) is 14.2 Å². The van der Waals surface area contributed by atoms with Gasteiger partial charge in [-0.2, -0.15) is 0 Å². The van der Waals surface area contributed by atoms with Crippen LogP contribution in [-0.2, 0) is 11.3 Å². The van der Waals surface area contributed by atoms with Crippen LogP contribution in [0.5, 0.6) is 0 Å². The van der Waals surface area contributed by atoms with Crippen LogP contribution in [0.1, 0.15) is 42.8 Å². The SMILES string of the molecule is CN=C(NCc1sc(C)nc1C)NC1CC(C)(OC)C1(C)C. The first kappa shape index (κ1) is 17.2. The lowest BCUT2D eigenvalue weighted by Gasteiger charge is -2.59. The second-order valence-electron chi connectivity index (χ2n) is 6.72. The number of guanidine groups is 1. The summed E-state index contributed by atoms with van der Waals surface area (Å²) in [5.41, 5.74) is 1.09. The first-order valence-electron chi connectivity index (χ1n) is 7.68. The number of hydrogen-bond acceptors (Lipinski definition) is 4. The Hall–Kier alpha value is -1.14. The summed E-state index contributed by atoms with van der Waals surface area (Å²) >= 11 is 1.73. The van der Waals surface area contributed by atoms with Crippen LogP contribution in [0, 0.1) is 19.3 Å². The highest BCUT2D eigenvalue weighted by Gasteiger charge is 2.58. The summed E-state index contributed by atoms with van der Waals surface area (Å²) < 4.78 is 5.68. The van der Waals surface area contributed by atoms with Crippen molar-refractivity contribution in [3.8, 4) is 0 Å². The fraction of sp³-hybridized carbons (Fsp3) is 0.750. The topological polar surface area (TPSA) is 58.5 Å². The minimum absolute atomic E-state index is 0.0658. The molecule has 2 N–H and O–H groups in total. The molecule has 0 amide bonds. The minimum Gasteiger partial charge on any atom is -0.378 e. The van der Waals surface area contributed by atoms with Gasteiger partial charge in [-0.3, -0.25) is 4.99 Å². The Balaban J connectivity index is 1.93. The molecule has 6 heteroatoms. The molecule has 1 aliphatic carbocycles. The maximum atomic E-state index is 5.68. The molecule has 2 atom stereocenters. The van der Waals surface area contributed by atoms with Gasteiger partial charge in [0.25, 0.3) is 0 Å².